The Bertz CT molecular complexity index is 1410. The van der Waals surface area contributed by atoms with Crippen LogP contribution in [0.5, 0.6) is 0 Å². The third-order valence-corrected chi connectivity index (χ3v) is 7.74. The van der Waals surface area contributed by atoms with Gasteiger partial charge in [0.05, 0.1) is 16.8 Å². The number of piperidine rings is 1. The average Bonchev–Trinajstić information content (AvgIpc) is 3.39. The Balaban J connectivity index is 1.31. The van der Waals surface area contributed by atoms with Crippen LogP contribution in [0.15, 0.2) is 55.2 Å². The van der Waals surface area contributed by atoms with Gasteiger partial charge >= 0.3 is 0 Å². The Kier molecular flexibility index (Phi) is 4.61. The third kappa shape index (κ3) is 3.02. The molecule has 4 heterocycles. The minimum Gasteiger partial charge on any atom is -0.355 e. The van der Waals surface area contributed by atoms with Crippen LogP contribution in [0.25, 0.3) is 16.9 Å². The second-order valence-electron chi connectivity index (χ2n) is 8.95. The number of nitrogens with zero attached hydrogens (tertiary/aromatic N) is 6. The topological polar surface area (TPSA) is 96.1 Å². The predicted octanol–water partition coefficient (Wildman–Crippen LogP) is 4.16. The molecule has 4 aromatic rings. The van der Waals surface area contributed by atoms with E-state index in [1.54, 1.807) is 12.3 Å². The number of hydrogen-bond acceptors (Lipinski definition) is 6. The summed E-state index contributed by atoms with van der Waals surface area (Å²) >= 11 is 6.49. The van der Waals surface area contributed by atoms with Crippen molar-refractivity contribution in [2.75, 3.05) is 18.0 Å². The van der Waals surface area contributed by atoms with Crippen molar-refractivity contribution in [1.29, 1.82) is 5.26 Å². The molecule has 1 aliphatic heterocycles. The lowest BCUT2D eigenvalue weighted by Gasteiger charge is -2.42. The number of fused-ring (bicyclic) bond motifs is 2. The zero-order valence-electron chi connectivity index (χ0n) is 17.9. The molecule has 0 saturated carbocycles. The molecule has 0 radical (unpaired) electrons. The van der Waals surface area contributed by atoms with E-state index in [-0.39, 0.29) is 11.5 Å². The van der Waals surface area contributed by atoms with Crippen LogP contribution in [0.2, 0.25) is 5.02 Å². The molecule has 1 aromatic carbocycles. The largest absolute Gasteiger partial charge is 0.355 e. The van der Waals surface area contributed by atoms with Crippen molar-refractivity contribution < 1.29 is 0 Å². The van der Waals surface area contributed by atoms with Gasteiger partial charge in [0.15, 0.2) is 5.82 Å². The molecule has 2 N–H and O–H groups in total. The second-order valence-corrected chi connectivity index (χ2v) is 9.32. The van der Waals surface area contributed by atoms with Crippen LogP contribution in [0, 0.1) is 16.7 Å². The number of nitriles is 1. The van der Waals surface area contributed by atoms with Crippen molar-refractivity contribution in [3.63, 3.8) is 0 Å². The van der Waals surface area contributed by atoms with Gasteiger partial charge in [0.1, 0.15) is 17.4 Å². The zero-order valence-corrected chi connectivity index (χ0v) is 18.7. The third-order valence-electron chi connectivity index (χ3n) is 7.34. The molecule has 164 valence electrons. The predicted molar refractivity (Wildman–Crippen MR) is 127 cm³/mol. The number of imidazole rings is 1. The van der Waals surface area contributed by atoms with Gasteiger partial charge in [-0.3, -0.25) is 9.38 Å². The lowest BCUT2D eigenvalue weighted by atomic mass is 9.73. The summed E-state index contributed by atoms with van der Waals surface area (Å²) in [6, 6.07) is 9.68. The molecule has 33 heavy (non-hydrogen) atoms. The Labute approximate surface area is 196 Å². The fourth-order valence-corrected chi connectivity index (χ4v) is 5.76. The van der Waals surface area contributed by atoms with Crippen molar-refractivity contribution in [3.8, 4) is 17.5 Å². The SMILES string of the molecule is N#Cc1cccc(-c2ncc3c(N4CCC5(CC4)Cc4cnccc4C5N)nccn23)c1Cl. The van der Waals surface area contributed by atoms with Crippen molar-refractivity contribution in [1.82, 2.24) is 19.4 Å². The Morgan fingerprint density at radius 1 is 1.12 bits per heavy atom. The van der Waals surface area contributed by atoms with Crippen molar-refractivity contribution in [2.24, 2.45) is 11.1 Å². The molecule has 7 nitrogen and oxygen atoms in total. The first-order chi connectivity index (χ1) is 16.1. The van der Waals surface area contributed by atoms with Gasteiger partial charge in [0.2, 0.25) is 0 Å². The summed E-state index contributed by atoms with van der Waals surface area (Å²) in [6.07, 6.45) is 12.3. The number of hydrogen-bond donors (Lipinski definition) is 1. The van der Waals surface area contributed by atoms with E-state index >= 15 is 0 Å². The number of pyridine rings is 1. The Morgan fingerprint density at radius 2 is 1.97 bits per heavy atom. The summed E-state index contributed by atoms with van der Waals surface area (Å²) in [5.74, 6) is 1.61. The van der Waals surface area contributed by atoms with E-state index in [0.717, 1.165) is 49.2 Å². The van der Waals surface area contributed by atoms with Crippen LogP contribution in [0.1, 0.15) is 35.6 Å². The quantitative estimate of drug-likeness (QED) is 0.487. The van der Waals surface area contributed by atoms with Crippen LogP contribution in [-0.2, 0) is 6.42 Å². The maximum absolute atomic E-state index is 9.34. The minimum absolute atomic E-state index is 0.0533. The molecular weight excluding hydrogens is 434 g/mol. The van der Waals surface area contributed by atoms with Crippen molar-refractivity contribution >= 4 is 22.9 Å². The van der Waals surface area contributed by atoms with E-state index in [1.165, 1.54) is 11.1 Å². The first-order valence-corrected chi connectivity index (χ1v) is 11.4. The van der Waals surface area contributed by atoms with Gasteiger partial charge in [0.25, 0.3) is 0 Å². The van der Waals surface area contributed by atoms with E-state index in [2.05, 4.69) is 27.0 Å². The first-order valence-electron chi connectivity index (χ1n) is 11.1. The Hall–Kier alpha value is -3.47. The van der Waals surface area contributed by atoms with Crippen LogP contribution < -0.4 is 10.6 Å². The molecule has 1 fully saturated rings. The molecule has 2 aliphatic rings. The van der Waals surface area contributed by atoms with E-state index < -0.39 is 0 Å². The number of halogens is 1. The van der Waals surface area contributed by atoms with E-state index in [4.69, 9.17) is 22.3 Å². The summed E-state index contributed by atoms with van der Waals surface area (Å²) in [6.45, 7) is 1.76. The van der Waals surface area contributed by atoms with Crippen molar-refractivity contribution in [3.05, 3.63) is 77.0 Å². The van der Waals surface area contributed by atoms with Crippen molar-refractivity contribution in [2.45, 2.75) is 25.3 Å². The number of rotatable bonds is 2. The fourth-order valence-electron chi connectivity index (χ4n) is 5.51. The zero-order chi connectivity index (χ0) is 22.6. The minimum atomic E-state index is 0.0533. The maximum Gasteiger partial charge on any atom is 0.154 e. The summed E-state index contributed by atoms with van der Waals surface area (Å²) in [5.41, 5.74) is 11.4. The van der Waals surface area contributed by atoms with Gasteiger partial charge < -0.3 is 10.6 Å². The van der Waals surface area contributed by atoms with Crippen LogP contribution >= 0.6 is 11.6 Å². The van der Waals surface area contributed by atoms with Crippen LogP contribution in [0.4, 0.5) is 5.82 Å². The smallest absolute Gasteiger partial charge is 0.154 e. The molecular formula is C25H22ClN7. The highest BCUT2D eigenvalue weighted by molar-refractivity contribution is 6.34. The lowest BCUT2D eigenvalue weighted by Crippen LogP contribution is -2.44. The molecule has 3 aromatic heterocycles. The van der Waals surface area contributed by atoms with Gasteiger partial charge in [-0.25, -0.2) is 9.97 Å². The number of anilines is 1. The van der Waals surface area contributed by atoms with E-state index in [9.17, 15) is 5.26 Å². The monoisotopic (exact) mass is 455 g/mol. The normalized spacial score (nSPS) is 19.1. The van der Waals surface area contributed by atoms with Crippen LogP contribution in [-0.4, -0.2) is 32.4 Å². The molecule has 6 rings (SSSR count). The molecule has 1 unspecified atom stereocenters. The summed E-state index contributed by atoms with van der Waals surface area (Å²) in [7, 11) is 0. The maximum atomic E-state index is 9.34. The standard InChI is InChI=1S/C25H22ClN7/c26-21-16(13-27)2-1-3-19(21)23-31-15-20-24(30-8-11-33(20)23)32-9-5-25(6-10-32)12-17-14-29-7-4-18(17)22(25)28/h1-4,7-8,11,14-15,22H,5-6,9-10,12,28H2. The van der Waals surface area contributed by atoms with E-state index in [1.807, 2.05) is 41.3 Å². The number of nitrogens with two attached hydrogens (primary N) is 1. The fraction of sp³-hybridized carbons (Fsp3) is 0.280. The lowest BCUT2D eigenvalue weighted by molar-refractivity contribution is 0.187. The highest BCUT2D eigenvalue weighted by Crippen LogP contribution is 2.50. The summed E-state index contributed by atoms with van der Waals surface area (Å²) < 4.78 is 2.00. The number of aromatic nitrogens is 4. The molecule has 0 amide bonds. The highest BCUT2D eigenvalue weighted by atomic mass is 35.5. The highest BCUT2D eigenvalue weighted by Gasteiger charge is 2.46. The van der Waals surface area contributed by atoms with Crippen LogP contribution in [0.3, 0.4) is 0 Å². The first kappa shape index (κ1) is 20.2. The van der Waals surface area contributed by atoms with Gasteiger partial charge in [-0.15, -0.1) is 0 Å². The molecule has 0 bridgehead atoms. The second kappa shape index (κ2) is 7.55. The summed E-state index contributed by atoms with van der Waals surface area (Å²) in [5, 5.41) is 9.75. The molecule has 1 saturated heterocycles. The van der Waals surface area contributed by atoms with Gasteiger partial charge in [0, 0.05) is 49.5 Å². The molecule has 1 aliphatic carbocycles. The van der Waals surface area contributed by atoms with Gasteiger partial charge in [-0.05, 0) is 54.0 Å². The summed E-state index contributed by atoms with van der Waals surface area (Å²) in [4.78, 5) is 16.0. The molecule has 8 heteroatoms. The molecule has 1 atom stereocenters. The Morgan fingerprint density at radius 3 is 2.76 bits per heavy atom. The number of benzene rings is 1. The molecule has 1 spiro atoms. The van der Waals surface area contributed by atoms with E-state index in [0.29, 0.717) is 16.4 Å². The van der Waals surface area contributed by atoms with Gasteiger partial charge in [-0.2, -0.15) is 5.26 Å². The average molecular weight is 456 g/mol. The van der Waals surface area contributed by atoms with Gasteiger partial charge in [-0.1, -0.05) is 17.7 Å².